The Balaban J connectivity index is 2.27. The fraction of sp³-hybridized carbons (Fsp3) is 0.444. The summed E-state index contributed by atoms with van der Waals surface area (Å²) >= 11 is 0. The van der Waals surface area contributed by atoms with E-state index >= 15 is 0 Å². The minimum absolute atomic E-state index is 0.587. The second-order valence-electron chi connectivity index (χ2n) is 5.24. The molecule has 2 aromatic carbocycles. The van der Waals surface area contributed by atoms with E-state index in [1.54, 1.807) is 7.11 Å². The van der Waals surface area contributed by atoms with Crippen LogP contribution in [0, 0.1) is 0 Å². The monoisotopic (exact) mass is 271 g/mol. The van der Waals surface area contributed by atoms with Gasteiger partial charge in [-0.3, -0.25) is 0 Å². The van der Waals surface area contributed by atoms with E-state index in [9.17, 15) is 0 Å². The number of methoxy groups -OCH3 is 1. The highest BCUT2D eigenvalue weighted by molar-refractivity contribution is 5.87. The lowest BCUT2D eigenvalue weighted by Crippen LogP contribution is -2.27. The van der Waals surface area contributed by atoms with Crippen LogP contribution >= 0.6 is 0 Å². The van der Waals surface area contributed by atoms with E-state index in [4.69, 9.17) is 4.74 Å². The number of hydrogen-bond donors (Lipinski definition) is 1. The van der Waals surface area contributed by atoms with Gasteiger partial charge in [0, 0.05) is 18.2 Å². The molecule has 1 unspecified atom stereocenters. The van der Waals surface area contributed by atoms with Crippen LogP contribution < -0.4 is 10.1 Å². The summed E-state index contributed by atoms with van der Waals surface area (Å²) in [5.74, 6) is 0.975. The number of hydrogen-bond acceptors (Lipinski definition) is 2. The van der Waals surface area contributed by atoms with E-state index in [1.807, 2.05) is 0 Å². The van der Waals surface area contributed by atoms with Gasteiger partial charge in [0.05, 0.1) is 7.11 Å². The van der Waals surface area contributed by atoms with Crippen LogP contribution in [0.25, 0.3) is 10.8 Å². The SMILES string of the molecule is CCCC(CC)NCc1c(OC)ccc2ccccc12. The van der Waals surface area contributed by atoms with Crippen molar-refractivity contribution in [3.05, 3.63) is 42.0 Å². The first kappa shape index (κ1) is 14.9. The van der Waals surface area contributed by atoms with Gasteiger partial charge in [-0.25, -0.2) is 0 Å². The Morgan fingerprint density at radius 3 is 2.60 bits per heavy atom. The summed E-state index contributed by atoms with van der Waals surface area (Å²) < 4.78 is 5.54. The molecule has 2 nitrogen and oxygen atoms in total. The molecule has 20 heavy (non-hydrogen) atoms. The van der Waals surface area contributed by atoms with Gasteiger partial charge in [-0.05, 0) is 29.7 Å². The summed E-state index contributed by atoms with van der Waals surface area (Å²) in [4.78, 5) is 0. The third kappa shape index (κ3) is 3.31. The summed E-state index contributed by atoms with van der Waals surface area (Å²) in [5.41, 5.74) is 1.26. The summed E-state index contributed by atoms with van der Waals surface area (Å²) in [7, 11) is 1.75. The maximum Gasteiger partial charge on any atom is 0.123 e. The average molecular weight is 271 g/mol. The number of fused-ring (bicyclic) bond motifs is 1. The highest BCUT2D eigenvalue weighted by atomic mass is 16.5. The van der Waals surface area contributed by atoms with Gasteiger partial charge in [0.1, 0.15) is 5.75 Å². The van der Waals surface area contributed by atoms with Gasteiger partial charge in [0.25, 0.3) is 0 Å². The number of benzene rings is 2. The van der Waals surface area contributed by atoms with Gasteiger partial charge in [0.2, 0.25) is 0 Å². The lowest BCUT2D eigenvalue weighted by atomic mass is 10.0. The first-order chi connectivity index (χ1) is 9.80. The van der Waals surface area contributed by atoms with Crippen LogP contribution in [0.2, 0.25) is 0 Å². The summed E-state index contributed by atoms with van der Waals surface area (Å²) in [6, 6.07) is 13.3. The molecule has 2 aromatic rings. The van der Waals surface area contributed by atoms with E-state index in [-0.39, 0.29) is 0 Å². The molecule has 0 aliphatic carbocycles. The van der Waals surface area contributed by atoms with E-state index in [0.717, 1.165) is 12.3 Å². The van der Waals surface area contributed by atoms with Crippen LogP contribution in [0.3, 0.4) is 0 Å². The fourth-order valence-electron chi connectivity index (χ4n) is 2.73. The molecule has 0 heterocycles. The molecule has 0 amide bonds. The van der Waals surface area contributed by atoms with Crippen LogP contribution in [0.1, 0.15) is 38.7 Å². The first-order valence-corrected chi connectivity index (χ1v) is 7.58. The van der Waals surface area contributed by atoms with E-state index in [0.29, 0.717) is 6.04 Å². The molecule has 0 aliphatic heterocycles. The summed E-state index contributed by atoms with van der Waals surface area (Å²) in [6.45, 7) is 5.35. The second-order valence-corrected chi connectivity index (χ2v) is 5.24. The quantitative estimate of drug-likeness (QED) is 0.799. The van der Waals surface area contributed by atoms with E-state index in [2.05, 4.69) is 55.6 Å². The molecule has 2 rings (SSSR count). The molecule has 0 aliphatic rings. The lowest BCUT2D eigenvalue weighted by Gasteiger charge is -2.18. The van der Waals surface area contributed by atoms with Crippen molar-refractivity contribution in [3.8, 4) is 5.75 Å². The molecule has 0 saturated carbocycles. The van der Waals surface area contributed by atoms with E-state index in [1.165, 1.54) is 35.6 Å². The van der Waals surface area contributed by atoms with Crippen molar-refractivity contribution in [2.45, 2.75) is 45.7 Å². The van der Waals surface area contributed by atoms with Crippen molar-refractivity contribution in [2.75, 3.05) is 7.11 Å². The van der Waals surface area contributed by atoms with Crippen molar-refractivity contribution in [3.63, 3.8) is 0 Å². The first-order valence-electron chi connectivity index (χ1n) is 7.58. The smallest absolute Gasteiger partial charge is 0.123 e. The number of rotatable bonds is 7. The van der Waals surface area contributed by atoms with Crippen molar-refractivity contribution in [1.82, 2.24) is 5.32 Å². The number of nitrogens with one attached hydrogen (secondary N) is 1. The van der Waals surface area contributed by atoms with Gasteiger partial charge in [0.15, 0.2) is 0 Å². The average Bonchev–Trinajstić information content (AvgIpc) is 2.51. The highest BCUT2D eigenvalue weighted by Crippen LogP contribution is 2.28. The Labute approximate surface area is 122 Å². The number of ether oxygens (including phenoxy) is 1. The molecule has 0 aromatic heterocycles. The Kier molecular flexibility index (Phi) is 5.42. The molecule has 1 atom stereocenters. The van der Waals surface area contributed by atoms with Gasteiger partial charge in [-0.1, -0.05) is 50.6 Å². The Morgan fingerprint density at radius 1 is 1.10 bits per heavy atom. The largest absolute Gasteiger partial charge is 0.496 e. The topological polar surface area (TPSA) is 21.3 Å². The molecule has 2 heteroatoms. The zero-order chi connectivity index (χ0) is 14.4. The maximum absolute atomic E-state index is 5.54. The Bertz CT molecular complexity index is 550. The van der Waals surface area contributed by atoms with Crippen molar-refractivity contribution >= 4 is 10.8 Å². The standard InChI is InChI=1S/C18H25NO/c1-4-8-15(5-2)19-13-17-16-10-7-6-9-14(16)11-12-18(17)20-3/h6-7,9-12,15,19H,4-5,8,13H2,1-3H3. The molecule has 0 radical (unpaired) electrons. The van der Waals surface area contributed by atoms with Gasteiger partial charge < -0.3 is 10.1 Å². The lowest BCUT2D eigenvalue weighted by molar-refractivity contribution is 0.402. The van der Waals surface area contributed by atoms with Gasteiger partial charge in [-0.15, -0.1) is 0 Å². The third-order valence-corrected chi connectivity index (χ3v) is 3.91. The minimum Gasteiger partial charge on any atom is -0.496 e. The predicted molar refractivity (Wildman–Crippen MR) is 86.3 cm³/mol. The van der Waals surface area contributed by atoms with Crippen LogP contribution in [-0.4, -0.2) is 13.2 Å². The van der Waals surface area contributed by atoms with E-state index < -0.39 is 0 Å². The van der Waals surface area contributed by atoms with Gasteiger partial charge in [-0.2, -0.15) is 0 Å². The van der Waals surface area contributed by atoms with Crippen molar-refractivity contribution < 1.29 is 4.74 Å². The third-order valence-electron chi connectivity index (χ3n) is 3.91. The van der Waals surface area contributed by atoms with Crippen LogP contribution in [0.15, 0.2) is 36.4 Å². The maximum atomic E-state index is 5.54. The summed E-state index contributed by atoms with van der Waals surface area (Å²) in [5, 5.41) is 6.23. The molecular formula is C18H25NO. The van der Waals surface area contributed by atoms with Crippen molar-refractivity contribution in [2.24, 2.45) is 0 Å². The highest BCUT2D eigenvalue weighted by Gasteiger charge is 2.10. The molecule has 0 spiro atoms. The predicted octanol–water partition coefficient (Wildman–Crippen LogP) is 4.52. The van der Waals surface area contributed by atoms with Crippen molar-refractivity contribution in [1.29, 1.82) is 0 Å². The molecule has 108 valence electrons. The van der Waals surface area contributed by atoms with Crippen LogP contribution in [0.4, 0.5) is 0 Å². The zero-order valence-electron chi connectivity index (χ0n) is 12.8. The Hall–Kier alpha value is -1.54. The zero-order valence-corrected chi connectivity index (χ0v) is 12.8. The second kappa shape index (κ2) is 7.30. The molecule has 0 bridgehead atoms. The fourth-order valence-corrected chi connectivity index (χ4v) is 2.73. The molecule has 0 fully saturated rings. The molecule has 0 saturated heterocycles. The van der Waals surface area contributed by atoms with Gasteiger partial charge >= 0.3 is 0 Å². The molecular weight excluding hydrogens is 246 g/mol. The summed E-state index contributed by atoms with van der Waals surface area (Å²) in [6.07, 6.45) is 3.61. The minimum atomic E-state index is 0.587. The Morgan fingerprint density at radius 2 is 1.90 bits per heavy atom. The molecule has 1 N–H and O–H groups in total. The van der Waals surface area contributed by atoms with Crippen LogP contribution in [-0.2, 0) is 6.54 Å². The van der Waals surface area contributed by atoms with Crippen LogP contribution in [0.5, 0.6) is 5.75 Å². The normalized spacial score (nSPS) is 12.6.